The summed E-state index contributed by atoms with van der Waals surface area (Å²) in [5.74, 6) is -1.31. The minimum Gasteiger partial charge on any atom is -0.497 e. The molecule has 0 radical (unpaired) electrons. The Morgan fingerprint density at radius 2 is 2.17 bits per heavy atom. The van der Waals surface area contributed by atoms with Crippen LogP contribution in [0.3, 0.4) is 0 Å². The molecule has 2 unspecified atom stereocenters. The molecule has 1 aromatic carbocycles. The largest absolute Gasteiger partial charge is 0.497 e. The zero-order chi connectivity index (χ0) is 17.7. The molecule has 1 aromatic rings. The Morgan fingerprint density at radius 1 is 1.42 bits per heavy atom. The highest BCUT2D eigenvalue weighted by molar-refractivity contribution is 5.88. The molecule has 0 bridgehead atoms. The molecule has 2 rings (SSSR count). The van der Waals surface area contributed by atoms with E-state index in [1.165, 1.54) is 11.8 Å². The summed E-state index contributed by atoms with van der Waals surface area (Å²) >= 11 is 0. The van der Waals surface area contributed by atoms with Crippen molar-refractivity contribution >= 4 is 17.8 Å². The molecule has 0 spiro atoms. The van der Waals surface area contributed by atoms with Crippen molar-refractivity contribution in [1.82, 2.24) is 10.2 Å². The summed E-state index contributed by atoms with van der Waals surface area (Å²) in [6.07, 6.45) is 0.761. The van der Waals surface area contributed by atoms with E-state index in [0.29, 0.717) is 25.1 Å². The minimum atomic E-state index is -0.894. The number of carboxylic acids is 1. The van der Waals surface area contributed by atoms with Gasteiger partial charge in [-0.3, -0.25) is 14.4 Å². The Morgan fingerprint density at radius 3 is 2.75 bits per heavy atom. The Hall–Kier alpha value is -2.57. The fourth-order valence-corrected chi connectivity index (χ4v) is 2.86. The number of nitrogens with zero attached hydrogens (tertiary/aromatic N) is 1. The molecule has 1 aliphatic heterocycles. The van der Waals surface area contributed by atoms with E-state index in [0.717, 1.165) is 5.56 Å². The fraction of sp³-hybridized carbons (Fsp3) is 0.471. The van der Waals surface area contributed by atoms with E-state index in [2.05, 4.69) is 5.32 Å². The molecule has 0 aromatic heterocycles. The van der Waals surface area contributed by atoms with Gasteiger partial charge in [-0.05, 0) is 24.1 Å². The number of nitrogens with one attached hydrogen (secondary N) is 1. The van der Waals surface area contributed by atoms with E-state index in [9.17, 15) is 14.4 Å². The maximum absolute atomic E-state index is 12.7. The molecule has 1 aliphatic rings. The number of ether oxygens (including phenoxy) is 1. The molecular weight excluding hydrogens is 312 g/mol. The number of rotatable bonds is 6. The van der Waals surface area contributed by atoms with Gasteiger partial charge in [0.15, 0.2) is 0 Å². The number of hydrogen-bond donors (Lipinski definition) is 2. The molecule has 2 amide bonds. The smallest absolute Gasteiger partial charge is 0.308 e. The molecule has 0 saturated carbocycles. The Balaban J connectivity index is 2.11. The zero-order valence-corrected chi connectivity index (χ0v) is 13.8. The van der Waals surface area contributed by atoms with Crippen LogP contribution in [0.25, 0.3) is 0 Å². The van der Waals surface area contributed by atoms with Crippen LogP contribution in [0.4, 0.5) is 0 Å². The van der Waals surface area contributed by atoms with Gasteiger partial charge in [-0.2, -0.15) is 0 Å². The summed E-state index contributed by atoms with van der Waals surface area (Å²) in [4.78, 5) is 36.7. The molecular formula is C17H22N2O5. The van der Waals surface area contributed by atoms with Gasteiger partial charge in [0.2, 0.25) is 11.8 Å². The lowest BCUT2D eigenvalue weighted by atomic mass is 10.0. The molecule has 1 fully saturated rings. The molecule has 1 heterocycles. The van der Waals surface area contributed by atoms with Crippen LogP contribution < -0.4 is 10.1 Å². The van der Waals surface area contributed by atoms with Crippen molar-refractivity contribution in [2.45, 2.75) is 25.8 Å². The predicted molar refractivity (Wildman–Crippen MR) is 86.6 cm³/mol. The molecule has 1 saturated heterocycles. The second kappa shape index (κ2) is 7.81. The van der Waals surface area contributed by atoms with Gasteiger partial charge in [0.1, 0.15) is 11.8 Å². The quantitative estimate of drug-likeness (QED) is 0.797. The van der Waals surface area contributed by atoms with Gasteiger partial charge < -0.3 is 20.1 Å². The van der Waals surface area contributed by atoms with E-state index >= 15 is 0 Å². The normalized spacial score (nSPS) is 18.1. The summed E-state index contributed by atoms with van der Waals surface area (Å²) < 4.78 is 5.17. The van der Waals surface area contributed by atoms with Gasteiger partial charge >= 0.3 is 5.97 Å². The third-order valence-electron chi connectivity index (χ3n) is 4.10. The van der Waals surface area contributed by atoms with Gasteiger partial charge in [0, 0.05) is 26.4 Å². The first kappa shape index (κ1) is 17.8. The highest BCUT2D eigenvalue weighted by atomic mass is 16.5. The van der Waals surface area contributed by atoms with E-state index in [1.807, 2.05) is 18.2 Å². The number of hydrogen-bond acceptors (Lipinski definition) is 4. The molecule has 7 heteroatoms. The lowest BCUT2D eigenvalue weighted by molar-refractivity contribution is -0.141. The highest BCUT2D eigenvalue weighted by Gasteiger charge is 2.34. The number of carbonyl (C=O) groups is 3. The average Bonchev–Trinajstić information content (AvgIpc) is 3.03. The number of carbonyl (C=O) groups excluding carboxylic acids is 2. The second-order valence-electron chi connectivity index (χ2n) is 5.92. The first-order valence-corrected chi connectivity index (χ1v) is 7.82. The lowest BCUT2D eigenvalue weighted by Crippen LogP contribution is -2.48. The standard InChI is InChI=1S/C17H22N2O5/c1-11(20)18-15(9-12-4-3-5-14(8-12)24-2)16(21)19-7-6-13(10-19)17(22)23/h3-5,8,13,15H,6-7,9-10H2,1-2H3,(H,18,20)(H,22,23). The van der Waals surface area contributed by atoms with Crippen LogP contribution in [-0.4, -0.2) is 54.0 Å². The first-order valence-electron chi connectivity index (χ1n) is 7.82. The Bertz CT molecular complexity index is 631. The summed E-state index contributed by atoms with van der Waals surface area (Å²) in [5.41, 5.74) is 0.857. The number of likely N-dealkylation sites (tertiary alicyclic amines) is 1. The van der Waals surface area contributed by atoms with Crippen LogP contribution in [0.2, 0.25) is 0 Å². The number of benzene rings is 1. The summed E-state index contributed by atoms with van der Waals surface area (Å²) in [6, 6.07) is 6.57. The monoisotopic (exact) mass is 334 g/mol. The third-order valence-corrected chi connectivity index (χ3v) is 4.10. The molecule has 0 aliphatic carbocycles. The average molecular weight is 334 g/mol. The summed E-state index contributed by atoms with van der Waals surface area (Å²) in [7, 11) is 1.56. The van der Waals surface area contributed by atoms with Crippen LogP contribution in [-0.2, 0) is 20.8 Å². The van der Waals surface area contributed by atoms with E-state index < -0.39 is 17.9 Å². The van der Waals surface area contributed by atoms with Gasteiger partial charge in [0.25, 0.3) is 0 Å². The van der Waals surface area contributed by atoms with Crippen molar-refractivity contribution in [1.29, 1.82) is 0 Å². The van der Waals surface area contributed by atoms with E-state index in [4.69, 9.17) is 9.84 Å². The van der Waals surface area contributed by atoms with Gasteiger partial charge in [-0.25, -0.2) is 0 Å². The van der Waals surface area contributed by atoms with Crippen LogP contribution in [0.1, 0.15) is 18.9 Å². The van der Waals surface area contributed by atoms with Crippen LogP contribution in [0, 0.1) is 5.92 Å². The number of amides is 2. The SMILES string of the molecule is COc1cccc(CC(NC(C)=O)C(=O)N2CCC(C(=O)O)C2)c1. The number of methoxy groups -OCH3 is 1. The molecule has 24 heavy (non-hydrogen) atoms. The third kappa shape index (κ3) is 4.47. The van der Waals surface area contributed by atoms with Gasteiger partial charge in [-0.15, -0.1) is 0 Å². The van der Waals surface area contributed by atoms with Crippen molar-refractivity contribution in [3.63, 3.8) is 0 Å². The van der Waals surface area contributed by atoms with Crippen molar-refractivity contribution in [2.24, 2.45) is 5.92 Å². The topological polar surface area (TPSA) is 95.9 Å². The lowest BCUT2D eigenvalue weighted by Gasteiger charge is -2.24. The van der Waals surface area contributed by atoms with Crippen LogP contribution in [0.15, 0.2) is 24.3 Å². The zero-order valence-electron chi connectivity index (χ0n) is 13.8. The van der Waals surface area contributed by atoms with E-state index in [1.54, 1.807) is 13.2 Å². The molecule has 130 valence electrons. The fourth-order valence-electron chi connectivity index (χ4n) is 2.86. The van der Waals surface area contributed by atoms with Gasteiger partial charge in [-0.1, -0.05) is 12.1 Å². The van der Waals surface area contributed by atoms with Crippen LogP contribution >= 0.6 is 0 Å². The van der Waals surface area contributed by atoms with Crippen molar-refractivity contribution < 1.29 is 24.2 Å². The molecule has 2 N–H and O–H groups in total. The molecule has 2 atom stereocenters. The Labute approximate surface area is 140 Å². The first-order chi connectivity index (χ1) is 11.4. The summed E-state index contributed by atoms with van der Waals surface area (Å²) in [6.45, 7) is 1.93. The van der Waals surface area contributed by atoms with Crippen molar-refractivity contribution in [2.75, 3.05) is 20.2 Å². The minimum absolute atomic E-state index is 0.183. The number of carboxylic acid groups (broad SMARTS) is 1. The van der Waals surface area contributed by atoms with Crippen molar-refractivity contribution in [3.05, 3.63) is 29.8 Å². The summed E-state index contributed by atoms with van der Waals surface area (Å²) in [5, 5.41) is 11.7. The van der Waals surface area contributed by atoms with Crippen molar-refractivity contribution in [3.8, 4) is 5.75 Å². The number of aliphatic carboxylic acids is 1. The second-order valence-corrected chi connectivity index (χ2v) is 5.92. The van der Waals surface area contributed by atoms with E-state index in [-0.39, 0.29) is 18.4 Å². The van der Waals surface area contributed by atoms with Crippen LogP contribution in [0.5, 0.6) is 5.75 Å². The molecule has 7 nitrogen and oxygen atoms in total. The maximum atomic E-state index is 12.7. The predicted octanol–water partition coefficient (Wildman–Crippen LogP) is 0.675. The Kier molecular flexibility index (Phi) is 5.78. The van der Waals surface area contributed by atoms with Gasteiger partial charge in [0.05, 0.1) is 13.0 Å². The maximum Gasteiger partial charge on any atom is 0.308 e. The highest BCUT2D eigenvalue weighted by Crippen LogP contribution is 2.19.